The van der Waals surface area contributed by atoms with Gasteiger partial charge in [0.2, 0.25) is 10.0 Å². The molecule has 1 aromatic carbocycles. The van der Waals surface area contributed by atoms with Crippen LogP contribution in [0.15, 0.2) is 30.3 Å². The first kappa shape index (κ1) is 16.6. The fourth-order valence-corrected chi connectivity index (χ4v) is 3.04. The van der Waals surface area contributed by atoms with Crippen LogP contribution >= 0.6 is 0 Å². The van der Waals surface area contributed by atoms with E-state index in [4.69, 9.17) is 10.2 Å². The van der Waals surface area contributed by atoms with Gasteiger partial charge in [-0.05, 0) is 24.8 Å². The maximum absolute atomic E-state index is 11.8. The summed E-state index contributed by atoms with van der Waals surface area (Å²) in [5.74, 6) is -1.43. The molecule has 0 heterocycles. The van der Waals surface area contributed by atoms with E-state index in [0.717, 1.165) is 5.56 Å². The van der Waals surface area contributed by atoms with Crippen molar-refractivity contribution in [2.75, 3.05) is 12.4 Å². The predicted molar refractivity (Wildman–Crippen MR) is 74.8 cm³/mol. The first-order valence-corrected chi connectivity index (χ1v) is 7.97. The van der Waals surface area contributed by atoms with Crippen LogP contribution in [0.2, 0.25) is 0 Å². The van der Waals surface area contributed by atoms with Gasteiger partial charge in [-0.3, -0.25) is 4.79 Å². The standard InChI is InChI=1S/C13H19NO5S/c15-9-8-12(13(16)17)14-20(18,19)10-4-7-11-5-2-1-3-6-11/h1-3,5-6,12,14-15H,4,7-10H2,(H,16,17)/t12-/m0/s1. The number of carbonyl (C=O) groups is 1. The Hall–Kier alpha value is -1.44. The molecule has 7 heteroatoms. The number of carboxylic acids is 1. The molecule has 1 atom stereocenters. The van der Waals surface area contributed by atoms with Gasteiger partial charge in [0.25, 0.3) is 0 Å². The number of hydrogen-bond donors (Lipinski definition) is 3. The highest BCUT2D eigenvalue weighted by molar-refractivity contribution is 7.89. The second-order valence-corrected chi connectivity index (χ2v) is 6.30. The summed E-state index contributed by atoms with van der Waals surface area (Å²) in [7, 11) is -3.66. The van der Waals surface area contributed by atoms with Crippen molar-refractivity contribution in [2.45, 2.75) is 25.3 Å². The molecule has 1 aromatic rings. The molecule has 0 aliphatic rings. The summed E-state index contributed by atoms with van der Waals surface area (Å²) >= 11 is 0. The van der Waals surface area contributed by atoms with E-state index >= 15 is 0 Å². The van der Waals surface area contributed by atoms with E-state index in [2.05, 4.69) is 4.72 Å². The summed E-state index contributed by atoms with van der Waals surface area (Å²) in [6.07, 6.45) is 0.873. The number of nitrogens with one attached hydrogen (secondary N) is 1. The highest BCUT2D eigenvalue weighted by Crippen LogP contribution is 2.04. The minimum Gasteiger partial charge on any atom is -0.480 e. The van der Waals surface area contributed by atoms with Gasteiger partial charge in [0.15, 0.2) is 0 Å². The van der Waals surface area contributed by atoms with Crippen molar-refractivity contribution in [1.82, 2.24) is 4.72 Å². The average molecular weight is 301 g/mol. The van der Waals surface area contributed by atoms with Crippen LogP contribution in [0.5, 0.6) is 0 Å². The molecule has 0 amide bonds. The van der Waals surface area contributed by atoms with Crippen molar-refractivity contribution in [3.8, 4) is 0 Å². The average Bonchev–Trinajstić information content (AvgIpc) is 2.39. The molecule has 0 aliphatic heterocycles. The zero-order chi connectivity index (χ0) is 15.0. The zero-order valence-electron chi connectivity index (χ0n) is 11.0. The van der Waals surface area contributed by atoms with E-state index in [9.17, 15) is 13.2 Å². The molecule has 1 rings (SSSR count). The summed E-state index contributed by atoms with van der Waals surface area (Å²) in [6, 6.07) is 8.18. The molecular weight excluding hydrogens is 282 g/mol. The Bertz CT molecular complexity index is 515. The molecule has 3 N–H and O–H groups in total. The molecule has 0 radical (unpaired) electrons. The third-order valence-corrected chi connectivity index (χ3v) is 4.23. The predicted octanol–water partition coefficient (Wildman–Crippen LogP) is 0.374. The first-order chi connectivity index (χ1) is 9.44. The van der Waals surface area contributed by atoms with Crippen LogP contribution in [0.3, 0.4) is 0 Å². The van der Waals surface area contributed by atoms with Crippen LogP contribution in [0.4, 0.5) is 0 Å². The third-order valence-electron chi connectivity index (χ3n) is 2.76. The molecule has 0 bridgehead atoms. The smallest absolute Gasteiger partial charge is 0.321 e. The van der Waals surface area contributed by atoms with Crippen LogP contribution in [0.1, 0.15) is 18.4 Å². The van der Waals surface area contributed by atoms with Crippen LogP contribution in [0.25, 0.3) is 0 Å². The van der Waals surface area contributed by atoms with Gasteiger partial charge in [-0.25, -0.2) is 13.1 Å². The summed E-state index contributed by atoms with van der Waals surface area (Å²) < 4.78 is 25.6. The van der Waals surface area contributed by atoms with Gasteiger partial charge in [-0.2, -0.15) is 0 Å². The van der Waals surface area contributed by atoms with Gasteiger partial charge < -0.3 is 10.2 Å². The van der Waals surface area contributed by atoms with Crippen molar-refractivity contribution in [3.63, 3.8) is 0 Å². The van der Waals surface area contributed by atoms with Crippen molar-refractivity contribution in [1.29, 1.82) is 0 Å². The molecule has 0 spiro atoms. The molecule has 112 valence electrons. The maximum Gasteiger partial charge on any atom is 0.321 e. The van der Waals surface area contributed by atoms with Crippen molar-refractivity contribution >= 4 is 16.0 Å². The van der Waals surface area contributed by atoms with E-state index in [1.165, 1.54) is 0 Å². The number of benzene rings is 1. The van der Waals surface area contributed by atoms with Crippen molar-refractivity contribution in [3.05, 3.63) is 35.9 Å². The van der Waals surface area contributed by atoms with Crippen LogP contribution in [0, 0.1) is 0 Å². The Morgan fingerprint density at radius 2 is 1.90 bits per heavy atom. The summed E-state index contributed by atoms with van der Waals surface area (Å²) in [4.78, 5) is 10.8. The van der Waals surface area contributed by atoms with Gasteiger partial charge >= 0.3 is 5.97 Å². The summed E-state index contributed by atoms with van der Waals surface area (Å²) in [5.41, 5.74) is 1.04. The van der Waals surface area contributed by atoms with Crippen LogP contribution in [-0.2, 0) is 21.2 Å². The maximum atomic E-state index is 11.8. The summed E-state index contributed by atoms with van der Waals surface area (Å²) in [5, 5.41) is 17.5. The first-order valence-electron chi connectivity index (χ1n) is 6.32. The molecule has 20 heavy (non-hydrogen) atoms. The molecule has 0 saturated carbocycles. The fraction of sp³-hybridized carbons (Fsp3) is 0.462. The largest absolute Gasteiger partial charge is 0.480 e. The number of carboxylic acid groups (broad SMARTS) is 1. The van der Waals surface area contributed by atoms with Gasteiger partial charge in [-0.15, -0.1) is 0 Å². The number of sulfonamides is 1. The van der Waals surface area contributed by atoms with Crippen LogP contribution < -0.4 is 4.72 Å². The molecule has 0 fully saturated rings. The van der Waals surface area contributed by atoms with Crippen molar-refractivity contribution < 1.29 is 23.4 Å². The minimum absolute atomic E-state index is 0.142. The number of hydrogen-bond acceptors (Lipinski definition) is 4. The lowest BCUT2D eigenvalue weighted by molar-refractivity contribution is -0.139. The van der Waals surface area contributed by atoms with Crippen LogP contribution in [-0.4, -0.2) is 43.0 Å². The fourth-order valence-electron chi connectivity index (χ4n) is 1.75. The monoisotopic (exact) mass is 301 g/mol. The number of aliphatic hydroxyl groups is 1. The Labute approximate surface area is 118 Å². The lowest BCUT2D eigenvalue weighted by Gasteiger charge is -2.13. The Balaban J connectivity index is 2.46. The second kappa shape index (κ2) is 7.98. The Kier molecular flexibility index (Phi) is 6.63. The van der Waals surface area contributed by atoms with E-state index in [1.807, 2.05) is 30.3 Å². The van der Waals surface area contributed by atoms with E-state index < -0.39 is 22.0 Å². The van der Waals surface area contributed by atoms with E-state index in [0.29, 0.717) is 12.8 Å². The zero-order valence-corrected chi connectivity index (χ0v) is 11.8. The topological polar surface area (TPSA) is 104 Å². The quantitative estimate of drug-likeness (QED) is 0.611. The third kappa shape index (κ3) is 6.14. The molecule has 0 unspecified atom stereocenters. The normalized spacial score (nSPS) is 13.1. The van der Waals surface area contributed by atoms with Gasteiger partial charge in [0.05, 0.1) is 5.75 Å². The number of aryl methyl sites for hydroxylation is 1. The highest BCUT2D eigenvalue weighted by atomic mass is 32.2. The molecule has 0 aliphatic carbocycles. The Morgan fingerprint density at radius 1 is 1.25 bits per heavy atom. The number of aliphatic hydroxyl groups excluding tert-OH is 1. The summed E-state index contributed by atoms with van der Waals surface area (Å²) in [6.45, 7) is -0.385. The SMILES string of the molecule is O=C(O)[C@H](CCO)NS(=O)(=O)CCCc1ccccc1. The number of rotatable bonds is 9. The molecule has 6 nitrogen and oxygen atoms in total. The molecule has 0 saturated heterocycles. The molecular formula is C13H19NO5S. The minimum atomic E-state index is -3.66. The van der Waals surface area contributed by atoms with Gasteiger partial charge in [-0.1, -0.05) is 30.3 Å². The lowest BCUT2D eigenvalue weighted by atomic mass is 10.1. The number of aliphatic carboxylic acids is 1. The van der Waals surface area contributed by atoms with Gasteiger partial charge in [0.1, 0.15) is 6.04 Å². The Morgan fingerprint density at radius 3 is 2.45 bits per heavy atom. The molecule has 0 aromatic heterocycles. The highest BCUT2D eigenvalue weighted by Gasteiger charge is 2.23. The van der Waals surface area contributed by atoms with Gasteiger partial charge in [0, 0.05) is 6.61 Å². The van der Waals surface area contributed by atoms with Crippen molar-refractivity contribution in [2.24, 2.45) is 0 Å². The lowest BCUT2D eigenvalue weighted by Crippen LogP contribution is -2.42. The van der Waals surface area contributed by atoms with E-state index in [-0.39, 0.29) is 18.8 Å². The van der Waals surface area contributed by atoms with E-state index in [1.54, 1.807) is 0 Å². The second-order valence-electron chi connectivity index (χ2n) is 4.43.